The SMILES string of the molecule is N#Cc1cncn1CC(O)(Cc1cccc(F)c1F)C1(Br)CC1. The molecule has 1 fully saturated rings. The number of nitriles is 1. The van der Waals surface area contributed by atoms with Crippen molar-refractivity contribution in [2.45, 2.75) is 35.7 Å². The number of aromatic nitrogens is 2. The number of imidazole rings is 1. The maximum atomic E-state index is 14.0. The maximum Gasteiger partial charge on any atom is 0.162 e. The van der Waals surface area contributed by atoms with E-state index in [4.69, 9.17) is 5.26 Å². The van der Waals surface area contributed by atoms with Crippen LogP contribution in [0, 0.1) is 23.0 Å². The highest BCUT2D eigenvalue weighted by Crippen LogP contribution is 2.54. The molecule has 23 heavy (non-hydrogen) atoms. The van der Waals surface area contributed by atoms with E-state index in [-0.39, 0.29) is 18.5 Å². The van der Waals surface area contributed by atoms with Crippen LogP contribution in [-0.4, -0.2) is 24.6 Å². The lowest BCUT2D eigenvalue weighted by atomic mass is 9.89. The number of hydrogen-bond donors (Lipinski definition) is 1. The highest BCUT2D eigenvalue weighted by molar-refractivity contribution is 9.10. The molecule has 0 amide bonds. The minimum Gasteiger partial charge on any atom is -0.386 e. The number of benzene rings is 1. The van der Waals surface area contributed by atoms with Crippen molar-refractivity contribution in [2.75, 3.05) is 0 Å². The minimum absolute atomic E-state index is 0.0646. The van der Waals surface area contributed by atoms with Crippen LogP contribution in [-0.2, 0) is 13.0 Å². The first-order valence-electron chi connectivity index (χ1n) is 7.13. The number of alkyl halides is 1. The molecule has 0 bridgehead atoms. The summed E-state index contributed by atoms with van der Waals surface area (Å²) in [6, 6.07) is 5.91. The molecule has 0 spiro atoms. The van der Waals surface area contributed by atoms with Crippen molar-refractivity contribution < 1.29 is 13.9 Å². The van der Waals surface area contributed by atoms with Crippen LogP contribution in [0.25, 0.3) is 0 Å². The number of nitrogens with zero attached hydrogens (tertiary/aromatic N) is 3. The van der Waals surface area contributed by atoms with Gasteiger partial charge in [-0.2, -0.15) is 5.26 Å². The third-order valence-electron chi connectivity index (χ3n) is 4.30. The van der Waals surface area contributed by atoms with Crippen LogP contribution in [0.2, 0.25) is 0 Å². The molecule has 1 unspecified atom stereocenters. The first-order chi connectivity index (χ1) is 10.9. The number of halogens is 3. The van der Waals surface area contributed by atoms with E-state index in [2.05, 4.69) is 20.9 Å². The van der Waals surface area contributed by atoms with Crippen LogP contribution in [0.5, 0.6) is 0 Å². The Labute approximate surface area is 140 Å². The van der Waals surface area contributed by atoms with Crippen LogP contribution in [0.3, 0.4) is 0 Å². The molecule has 1 N–H and O–H groups in total. The molecule has 120 valence electrons. The fourth-order valence-corrected chi connectivity index (χ4v) is 3.22. The minimum atomic E-state index is -1.37. The summed E-state index contributed by atoms with van der Waals surface area (Å²) >= 11 is 3.52. The van der Waals surface area contributed by atoms with Gasteiger partial charge in [0.2, 0.25) is 0 Å². The standard InChI is InChI=1S/C16H14BrF2N3O/c17-15(4-5-15)16(23,9-22-10-21-8-12(22)7-20)6-11-2-1-3-13(18)14(11)19/h1-3,8,10,23H,4-6,9H2. The van der Waals surface area contributed by atoms with Gasteiger partial charge in [0.1, 0.15) is 17.4 Å². The highest BCUT2D eigenvalue weighted by Gasteiger charge is 2.57. The quantitative estimate of drug-likeness (QED) is 0.809. The summed E-state index contributed by atoms with van der Waals surface area (Å²) in [5.41, 5.74) is -0.953. The first-order valence-corrected chi connectivity index (χ1v) is 7.92. The molecule has 1 aromatic carbocycles. The van der Waals surface area contributed by atoms with Crippen molar-refractivity contribution in [3.8, 4) is 6.07 Å². The van der Waals surface area contributed by atoms with Gasteiger partial charge in [0.25, 0.3) is 0 Å². The predicted octanol–water partition coefficient (Wildman–Crippen LogP) is 2.93. The Morgan fingerprint density at radius 3 is 2.83 bits per heavy atom. The van der Waals surface area contributed by atoms with Gasteiger partial charge < -0.3 is 9.67 Å². The van der Waals surface area contributed by atoms with E-state index in [1.54, 1.807) is 0 Å². The highest BCUT2D eigenvalue weighted by atomic mass is 79.9. The molecule has 1 heterocycles. The Kier molecular flexibility index (Phi) is 3.98. The van der Waals surface area contributed by atoms with E-state index in [1.165, 1.54) is 29.2 Å². The zero-order valence-electron chi connectivity index (χ0n) is 12.1. The van der Waals surface area contributed by atoms with Gasteiger partial charge in [-0.3, -0.25) is 0 Å². The molecular formula is C16H14BrF2N3O. The van der Waals surface area contributed by atoms with Gasteiger partial charge in [0, 0.05) is 6.42 Å². The van der Waals surface area contributed by atoms with Crippen molar-refractivity contribution in [1.82, 2.24) is 9.55 Å². The third kappa shape index (κ3) is 2.89. The average molecular weight is 382 g/mol. The Morgan fingerprint density at radius 2 is 2.17 bits per heavy atom. The van der Waals surface area contributed by atoms with Gasteiger partial charge in [-0.1, -0.05) is 28.1 Å². The Balaban J connectivity index is 1.95. The maximum absolute atomic E-state index is 14.0. The molecule has 7 heteroatoms. The summed E-state index contributed by atoms with van der Waals surface area (Å²) in [5.74, 6) is -1.89. The van der Waals surface area contributed by atoms with E-state index >= 15 is 0 Å². The van der Waals surface area contributed by atoms with Crippen LogP contribution in [0.15, 0.2) is 30.7 Å². The van der Waals surface area contributed by atoms with E-state index in [0.717, 1.165) is 18.9 Å². The summed E-state index contributed by atoms with van der Waals surface area (Å²) in [6.07, 6.45) is 4.22. The lowest BCUT2D eigenvalue weighted by molar-refractivity contribution is 0.0141. The smallest absolute Gasteiger partial charge is 0.162 e. The first kappa shape index (κ1) is 16.1. The average Bonchev–Trinajstić information content (AvgIpc) is 3.12. The van der Waals surface area contributed by atoms with E-state index in [1.807, 2.05) is 6.07 Å². The molecule has 2 aromatic rings. The lowest BCUT2D eigenvalue weighted by Gasteiger charge is -2.34. The Morgan fingerprint density at radius 1 is 1.43 bits per heavy atom. The van der Waals surface area contributed by atoms with Gasteiger partial charge in [-0.15, -0.1) is 0 Å². The summed E-state index contributed by atoms with van der Waals surface area (Å²) < 4.78 is 28.4. The zero-order valence-corrected chi connectivity index (χ0v) is 13.7. The lowest BCUT2D eigenvalue weighted by Crippen LogP contribution is -2.47. The molecule has 1 saturated carbocycles. The van der Waals surface area contributed by atoms with E-state index < -0.39 is 21.6 Å². The van der Waals surface area contributed by atoms with Crippen LogP contribution < -0.4 is 0 Å². The van der Waals surface area contributed by atoms with Crippen molar-refractivity contribution in [3.63, 3.8) is 0 Å². The molecule has 1 aliphatic rings. The van der Waals surface area contributed by atoms with Crippen molar-refractivity contribution in [3.05, 3.63) is 53.6 Å². The normalized spacial score (nSPS) is 18.2. The second-order valence-electron chi connectivity index (χ2n) is 5.91. The molecule has 4 nitrogen and oxygen atoms in total. The van der Waals surface area contributed by atoms with E-state index in [0.29, 0.717) is 5.69 Å². The van der Waals surface area contributed by atoms with Crippen molar-refractivity contribution in [2.24, 2.45) is 0 Å². The molecule has 1 aliphatic carbocycles. The Hall–Kier alpha value is -1.78. The number of hydrogen-bond acceptors (Lipinski definition) is 3. The van der Waals surface area contributed by atoms with E-state index in [9.17, 15) is 13.9 Å². The molecule has 1 atom stereocenters. The summed E-state index contributed by atoms with van der Waals surface area (Å²) in [7, 11) is 0. The molecule has 1 aromatic heterocycles. The van der Waals surface area contributed by atoms with Gasteiger partial charge in [-0.05, 0) is 24.5 Å². The molecule has 3 rings (SSSR count). The second kappa shape index (κ2) is 5.69. The molecule has 0 radical (unpaired) electrons. The van der Waals surface area contributed by atoms with Gasteiger partial charge >= 0.3 is 0 Å². The third-order valence-corrected chi connectivity index (χ3v) is 5.83. The number of aliphatic hydroxyl groups is 1. The van der Waals surface area contributed by atoms with Gasteiger partial charge in [0.05, 0.1) is 23.4 Å². The van der Waals surface area contributed by atoms with Crippen LogP contribution in [0.4, 0.5) is 8.78 Å². The molecule has 0 aliphatic heterocycles. The van der Waals surface area contributed by atoms with Crippen LogP contribution in [0.1, 0.15) is 24.1 Å². The van der Waals surface area contributed by atoms with Gasteiger partial charge in [0.15, 0.2) is 11.6 Å². The monoisotopic (exact) mass is 381 g/mol. The van der Waals surface area contributed by atoms with Crippen molar-refractivity contribution in [1.29, 1.82) is 5.26 Å². The summed E-state index contributed by atoms with van der Waals surface area (Å²) in [6.45, 7) is 0.0666. The summed E-state index contributed by atoms with van der Waals surface area (Å²) in [5, 5.41) is 20.3. The number of rotatable bonds is 5. The largest absolute Gasteiger partial charge is 0.386 e. The van der Waals surface area contributed by atoms with Gasteiger partial charge in [-0.25, -0.2) is 13.8 Å². The second-order valence-corrected chi connectivity index (χ2v) is 7.42. The van der Waals surface area contributed by atoms with Crippen molar-refractivity contribution >= 4 is 15.9 Å². The predicted molar refractivity (Wildman–Crippen MR) is 82.8 cm³/mol. The summed E-state index contributed by atoms with van der Waals surface area (Å²) in [4.78, 5) is 3.90. The molecular weight excluding hydrogens is 368 g/mol. The zero-order chi connectivity index (χ0) is 16.7. The van der Waals surface area contributed by atoms with Crippen LogP contribution >= 0.6 is 15.9 Å². The molecule has 0 saturated heterocycles. The fourth-order valence-electron chi connectivity index (χ4n) is 2.75. The fraction of sp³-hybridized carbons (Fsp3) is 0.375. The Bertz CT molecular complexity index is 782. The topological polar surface area (TPSA) is 61.8 Å².